The summed E-state index contributed by atoms with van der Waals surface area (Å²) in [6.07, 6.45) is 33.1. The Kier molecular flexibility index (Phi) is 27.1. The number of unbranched alkanes of at least 4 members (excludes halogenated alkanes) is 19. The lowest BCUT2D eigenvalue weighted by molar-refractivity contribution is 0.132. The Morgan fingerprint density at radius 1 is 0.312 bits per heavy atom. The molecule has 0 aromatic carbocycles. The van der Waals surface area contributed by atoms with Gasteiger partial charge in [-0.05, 0) is 25.7 Å². The predicted molar refractivity (Wildman–Crippen MR) is 143 cm³/mol. The summed E-state index contributed by atoms with van der Waals surface area (Å²) in [5.74, 6) is 0. The maximum atomic E-state index is 10.2. The molecule has 0 rings (SSSR count). The van der Waals surface area contributed by atoms with Gasteiger partial charge in [-0.15, -0.1) is 0 Å². The molecule has 0 saturated carbocycles. The van der Waals surface area contributed by atoms with E-state index in [0.717, 1.165) is 44.9 Å². The van der Waals surface area contributed by atoms with Crippen molar-refractivity contribution in [3.63, 3.8) is 0 Å². The molecule has 0 aliphatic heterocycles. The molecule has 0 spiro atoms. The van der Waals surface area contributed by atoms with Crippen molar-refractivity contribution in [1.29, 1.82) is 0 Å². The zero-order valence-electron chi connectivity index (χ0n) is 22.4. The summed E-state index contributed by atoms with van der Waals surface area (Å²) in [6.45, 7) is 4.49. The molecule has 0 unspecified atom stereocenters. The average molecular weight is 455 g/mol. The standard InChI is InChI=1S/C30H62O2/c1-3-5-7-8-9-10-11-12-13-14-15-16-17-18-19-20-22-26-30(32)28-24-23-27-29(31)25-21-6-4-2/h29-32H,3-28H2,1-2H3/t29-,30+/m1/s1. The SMILES string of the molecule is CCCCCCCCCCCCCCCCCCC[C@H](O)CCCC[C@H](O)CCCCC. The van der Waals surface area contributed by atoms with E-state index in [1.165, 1.54) is 122 Å². The molecule has 0 aliphatic carbocycles. The monoisotopic (exact) mass is 454 g/mol. The van der Waals surface area contributed by atoms with Crippen LogP contribution in [0, 0.1) is 0 Å². The second-order valence-electron chi connectivity index (χ2n) is 10.5. The lowest BCUT2D eigenvalue weighted by Crippen LogP contribution is -2.09. The van der Waals surface area contributed by atoms with E-state index in [2.05, 4.69) is 13.8 Å². The van der Waals surface area contributed by atoms with Crippen LogP contribution >= 0.6 is 0 Å². The van der Waals surface area contributed by atoms with E-state index in [0.29, 0.717) is 0 Å². The Morgan fingerprint density at radius 3 is 0.812 bits per heavy atom. The largest absolute Gasteiger partial charge is 0.393 e. The fourth-order valence-corrected chi connectivity index (χ4v) is 4.78. The lowest BCUT2D eigenvalue weighted by atomic mass is 10.0. The molecular weight excluding hydrogens is 392 g/mol. The highest BCUT2D eigenvalue weighted by atomic mass is 16.3. The summed E-state index contributed by atoms with van der Waals surface area (Å²) in [4.78, 5) is 0. The summed E-state index contributed by atoms with van der Waals surface area (Å²) in [7, 11) is 0. The molecule has 0 fully saturated rings. The minimum Gasteiger partial charge on any atom is -0.393 e. The number of aliphatic hydroxyl groups excluding tert-OH is 2. The third kappa shape index (κ3) is 26.2. The van der Waals surface area contributed by atoms with Crippen LogP contribution in [-0.4, -0.2) is 22.4 Å². The quantitative estimate of drug-likeness (QED) is 0.121. The van der Waals surface area contributed by atoms with Gasteiger partial charge in [0.05, 0.1) is 12.2 Å². The molecule has 0 amide bonds. The van der Waals surface area contributed by atoms with Crippen LogP contribution < -0.4 is 0 Å². The number of hydrogen-bond donors (Lipinski definition) is 2. The van der Waals surface area contributed by atoms with E-state index in [1.807, 2.05) is 0 Å². The molecule has 32 heavy (non-hydrogen) atoms. The molecule has 0 aliphatic rings. The van der Waals surface area contributed by atoms with Crippen LogP contribution in [0.5, 0.6) is 0 Å². The minimum atomic E-state index is -0.122. The van der Waals surface area contributed by atoms with Crippen LogP contribution in [0.1, 0.15) is 181 Å². The van der Waals surface area contributed by atoms with Crippen molar-refractivity contribution in [1.82, 2.24) is 0 Å². The van der Waals surface area contributed by atoms with Crippen LogP contribution in [0.4, 0.5) is 0 Å². The van der Waals surface area contributed by atoms with Crippen LogP contribution in [0.3, 0.4) is 0 Å². The normalized spacial score (nSPS) is 13.5. The summed E-state index contributed by atoms with van der Waals surface area (Å²) >= 11 is 0. The van der Waals surface area contributed by atoms with Gasteiger partial charge in [-0.3, -0.25) is 0 Å². The van der Waals surface area contributed by atoms with Gasteiger partial charge in [0.2, 0.25) is 0 Å². The van der Waals surface area contributed by atoms with E-state index in [-0.39, 0.29) is 12.2 Å². The molecular formula is C30H62O2. The molecule has 0 aromatic rings. The van der Waals surface area contributed by atoms with Gasteiger partial charge in [-0.1, -0.05) is 155 Å². The van der Waals surface area contributed by atoms with E-state index in [1.54, 1.807) is 0 Å². The van der Waals surface area contributed by atoms with Gasteiger partial charge >= 0.3 is 0 Å². The van der Waals surface area contributed by atoms with Crippen LogP contribution in [0.25, 0.3) is 0 Å². The third-order valence-electron chi connectivity index (χ3n) is 7.11. The van der Waals surface area contributed by atoms with Crippen LogP contribution in [0.15, 0.2) is 0 Å². The lowest BCUT2D eigenvalue weighted by Gasteiger charge is -2.12. The van der Waals surface area contributed by atoms with E-state index < -0.39 is 0 Å². The van der Waals surface area contributed by atoms with Crippen molar-refractivity contribution in [2.75, 3.05) is 0 Å². The second kappa shape index (κ2) is 27.2. The number of rotatable bonds is 27. The Bertz CT molecular complexity index is 331. The number of aliphatic hydroxyl groups is 2. The smallest absolute Gasteiger partial charge is 0.0540 e. The maximum Gasteiger partial charge on any atom is 0.0540 e. The molecule has 2 heteroatoms. The zero-order chi connectivity index (χ0) is 23.5. The van der Waals surface area contributed by atoms with E-state index in [9.17, 15) is 10.2 Å². The maximum absolute atomic E-state index is 10.2. The third-order valence-corrected chi connectivity index (χ3v) is 7.11. The van der Waals surface area contributed by atoms with Gasteiger partial charge in [0.15, 0.2) is 0 Å². The molecule has 2 nitrogen and oxygen atoms in total. The van der Waals surface area contributed by atoms with Gasteiger partial charge < -0.3 is 10.2 Å². The molecule has 0 saturated heterocycles. The first-order valence-electron chi connectivity index (χ1n) is 15.1. The highest BCUT2D eigenvalue weighted by Crippen LogP contribution is 2.16. The topological polar surface area (TPSA) is 40.5 Å². The van der Waals surface area contributed by atoms with Crippen molar-refractivity contribution in [2.45, 2.75) is 193 Å². The Balaban J connectivity index is 3.19. The fourth-order valence-electron chi connectivity index (χ4n) is 4.78. The Hall–Kier alpha value is -0.0800. The van der Waals surface area contributed by atoms with Crippen molar-refractivity contribution in [2.24, 2.45) is 0 Å². The van der Waals surface area contributed by atoms with Crippen molar-refractivity contribution in [3.05, 3.63) is 0 Å². The first-order chi connectivity index (χ1) is 15.7. The predicted octanol–water partition coefficient (Wildman–Crippen LogP) is 9.89. The second-order valence-corrected chi connectivity index (χ2v) is 10.5. The van der Waals surface area contributed by atoms with Gasteiger partial charge in [-0.2, -0.15) is 0 Å². The van der Waals surface area contributed by atoms with Gasteiger partial charge in [0, 0.05) is 0 Å². The minimum absolute atomic E-state index is 0.121. The van der Waals surface area contributed by atoms with Crippen LogP contribution in [-0.2, 0) is 0 Å². The molecule has 194 valence electrons. The fraction of sp³-hybridized carbons (Fsp3) is 1.00. The Labute approximate surface area is 203 Å². The summed E-state index contributed by atoms with van der Waals surface area (Å²) < 4.78 is 0. The van der Waals surface area contributed by atoms with Crippen molar-refractivity contribution >= 4 is 0 Å². The molecule has 0 bridgehead atoms. The summed E-state index contributed by atoms with van der Waals surface area (Å²) in [6, 6.07) is 0. The summed E-state index contributed by atoms with van der Waals surface area (Å²) in [5.41, 5.74) is 0. The van der Waals surface area contributed by atoms with E-state index in [4.69, 9.17) is 0 Å². The molecule has 0 heterocycles. The zero-order valence-corrected chi connectivity index (χ0v) is 22.4. The van der Waals surface area contributed by atoms with Gasteiger partial charge in [0.25, 0.3) is 0 Å². The first-order valence-corrected chi connectivity index (χ1v) is 15.1. The molecule has 0 aromatic heterocycles. The highest BCUT2D eigenvalue weighted by molar-refractivity contribution is 4.60. The molecule has 2 atom stereocenters. The Morgan fingerprint density at radius 2 is 0.500 bits per heavy atom. The highest BCUT2D eigenvalue weighted by Gasteiger charge is 2.07. The molecule has 0 radical (unpaired) electrons. The van der Waals surface area contributed by atoms with Crippen molar-refractivity contribution < 1.29 is 10.2 Å². The summed E-state index contributed by atoms with van der Waals surface area (Å²) in [5, 5.41) is 20.1. The number of hydrogen-bond acceptors (Lipinski definition) is 2. The first kappa shape index (κ1) is 31.9. The van der Waals surface area contributed by atoms with E-state index >= 15 is 0 Å². The van der Waals surface area contributed by atoms with Gasteiger partial charge in [0.1, 0.15) is 0 Å². The van der Waals surface area contributed by atoms with Crippen LogP contribution in [0.2, 0.25) is 0 Å². The average Bonchev–Trinajstić information content (AvgIpc) is 2.79. The molecule has 2 N–H and O–H groups in total. The van der Waals surface area contributed by atoms with Crippen molar-refractivity contribution in [3.8, 4) is 0 Å². The van der Waals surface area contributed by atoms with Gasteiger partial charge in [-0.25, -0.2) is 0 Å².